The highest BCUT2D eigenvalue weighted by Gasteiger charge is 2.47. The molecule has 2 aliphatic carbocycles. The Balaban J connectivity index is 1.79. The van der Waals surface area contributed by atoms with Gasteiger partial charge < -0.3 is 4.52 Å². The van der Waals surface area contributed by atoms with E-state index in [-0.39, 0.29) is 11.4 Å². The van der Waals surface area contributed by atoms with Crippen molar-refractivity contribution in [3.05, 3.63) is 41.2 Å². The summed E-state index contributed by atoms with van der Waals surface area (Å²) in [6.45, 7) is 8.61. The van der Waals surface area contributed by atoms with E-state index in [1.54, 1.807) is 17.7 Å². The summed E-state index contributed by atoms with van der Waals surface area (Å²) in [4.78, 5) is 0. The zero-order valence-corrected chi connectivity index (χ0v) is 16.6. The van der Waals surface area contributed by atoms with E-state index < -0.39 is 7.43 Å². The fourth-order valence-corrected chi connectivity index (χ4v) is 5.76. The van der Waals surface area contributed by atoms with E-state index >= 15 is 0 Å². The maximum atomic E-state index is 13.5. The zero-order valence-electron chi connectivity index (χ0n) is 15.7. The van der Waals surface area contributed by atoms with Gasteiger partial charge in [-0.2, -0.15) is 0 Å². The summed E-state index contributed by atoms with van der Waals surface area (Å²) in [6, 6.07) is 6.12. The third-order valence-corrected chi connectivity index (χ3v) is 7.67. The molecule has 138 valence electrons. The fourth-order valence-electron chi connectivity index (χ4n) is 3.93. The van der Waals surface area contributed by atoms with Gasteiger partial charge in [0.1, 0.15) is 11.6 Å². The highest BCUT2D eigenvalue weighted by atomic mass is 31.2. The molecule has 0 aliphatic heterocycles. The zero-order chi connectivity index (χ0) is 18.2. The third kappa shape index (κ3) is 4.35. The van der Waals surface area contributed by atoms with Crippen LogP contribution in [-0.4, -0.2) is 11.7 Å². The normalized spacial score (nSPS) is 24.6. The van der Waals surface area contributed by atoms with E-state index in [2.05, 4.69) is 25.9 Å². The number of allylic oxidation sites excluding steroid dienone is 1. The van der Waals surface area contributed by atoms with Crippen LogP contribution < -0.4 is 9.61 Å². The lowest BCUT2D eigenvalue weighted by atomic mass is 9.89. The molecule has 0 radical (unpaired) electrons. The van der Waals surface area contributed by atoms with Gasteiger partial charge in [0.15, 0.2) is 7.43 Å². The van der Waals surface area contributed by atoms with Crippen molar-refractivity contribution in [2.45, 2.75) is 58.9 Å². The van der Waals surface area contributed by atoms with Crippen molar-refractivity contribution in [2.75, 3.05) is 6.16 Å². The lowest BCUT2D eigenvalue weighted by Gasteiger charge is -2.36. The van der Waals surface area contributed by atoms with E-state index in [0.29, 0.717) is 17.8 Å². The second-order valence-electron chi connectivity index (χ2n) is 7.87. The predicted octanol–water partition coefficient (Wildman–Crippen LogP) is 6.34. The van der Waals surface area contributed by atoms with E-state index in [4.69, 9.17) is 9.69 Å². The second kappa shape index (κ2) is 6.89. The van der Waals surface area contributed by atoms with Crippen molar-refractivity contribution < 1.29 is 8.91 Å². The molecule has 1 aromatic carbocycles. The molecule has 0 bridgehead atoms. The molecule has 2 unspecified atom stereocenters. The summed E-state index contributed by atoms with van der Waals surface area (Å²) in [7, 11) is -2.62. The number of halogens is 1. The first-order valence-electron chi connectivity index (χ1n) is 9.38. The molecule has 0 amide bonds. The van der Waals surface area contributed by atoms with Gasteiger partial charge in [-0.1, -0.05) is 31.9 Å². The summed E-state index contributed by atoms with van der Waals surface area (Å²) < 4.78 is 19.4. The van der Waals surface area contributed by atoms with Gasteiger partial charge in [0.25, 0.3) is 0 Å². The third-order valence-electron chi connectivity index (χ3n) is 5.33. The number of hydrogen-bond acceptors (Lipinski definition) is 2. The quantitative estimate of drug-likeness (QED) is 0.418. The first-order chi connectivity index (χ1) is 11.8. The number of rotatable bonds is 8. The minimum absolute atomic E-state index is 0.251. The Kier molecular flexibility index (Phi) is 5.14. The Hall–Kier alpha value is -1.12. The molecule has 25 heavy (non-hydrogen) atoms. The van der Waals surface area contributed by atoms with Gasteiger partial charge in [-0.05, 0) is 62.7 Å². The van der Waals surface area contributed by atoms with Crippen LogP contribution in [0.3, 0.4) is 0 Å². The molecule has 0 aromatic heterocycles. The predicted molar refractivity (Wildman–Crippen MR) is 103 cm³/mol. The van der Waals surface area contributed by atoms with Crippen molar-refractivity contribution in [2.24, 2.45) is 11.8 Å². The minimum Gasteiger partial charge on any atom is -0.447 e. The van der Waals surface area contributed by atoms with Gasteiger partial charge in [0.2, 0.25) is 0 Å². The first-order valence-corrected chi connectivity index (χ1v) is 11.3. The molecule has 2 saturated carbocycles. The Morgan fingerprint density at radius 3 is 2.60 bits per heavy atom. The second-order valence-corrected chi connectivity index (χ2v) is 10.4. The molecule has 0 heterocycles. The van der Waals surface area contributed by atoms with E-state index in [0.717, 1.165) is 5.92 Å². The highest BCUT2D eigenvalue weighted by molar-refractivity contribution is 7.58. The average molecular weight is 364 g/mol. The summed E-state index contributed by atoms with van der Waals surface area (Å²) >= 11 is 0. The number of hydrogen-bond donors (Lipinski definition) is 2. The molecule has 1 aromatic rings. The van der Waals surface area contributed by atoms with Gasteiger partial charge in [0, 0.05) is 17.8 Å². The van der Waals surface area contributed by atoms with Crippen LogP contribution in [0.2, 0.25) is 0 Å². The van der Waals surface area contributed by atoms with Crippen LogP contribution in [0.1, 0.15) is 53.4 Å². The topological polar surface area (TPSA) is 45.1 Å². The molecule has 3 rings (SSSR count). The molecule has 2 aliphatic rings. The minimum atomic E-state index is -2.62. The van der Waals surface area contributed by atoms with Crippen LogP contribution in [-0.2, 0) is 0 Å². The van der Waals surface area contributed by atoms with Crippen molar-refractivity contribution in [1.29, 1.82) is 5.16 Å². The summed E-state index contributed by atoms with van der Waals surface area (Å²) in [5, 5.41) is 12.4. The first kappa shape index (κ1) is 18.7. The van der Waals surface area contributed by atoms with Crippen molar-refractivity contribution in [3.63, 3.8) is 0 Å². The van der Waals surface area contributed by atoms with Crippen LogP contribution >= 0.6 is 7.43 Å². The average Bonchev–Trinajstić information content (AvgIpc) is 3.43. The standard InChI is InChI=1S/C20H30FN2OP/c1-5-14-12-18(14)19(15-10-11-15)20(3,4)23-25(22,6-2)24-17-9-7-8-16(21)13-17/h7-9,13-14,18H,5-6,10-12H2,1-4H3,(H2,22,23)/t14?,18?,25-/m0/s1. The highest BCUT2D eigenvalue weighted by Crippen LogP contribution is 2.56. The SMILES string of the molecule is CCC1CC1C(=C1CC1)C(C)(C)N[P@@](=N)(CC)Oc1cccc(F)c1. The molecule has 3 atom stereocenters. The van der Waals surface area contributed by atoms with Crippen LogP contribution in [0, 0.1) is 22.8 Å². The molecule has 0 saturated heterocycles. The molecule has 5 heteroatoms. The van der Waals surface area contributed by atoms with Gasteiger partial charge in [-0.25, -0.2) is 9.48 Å². The maximum absolute atomic E-state index is 13.5. The maximum Gasteiger partial charge on any atom is 0.198 e. The van der Waals surface area contributed by atoms with Crippen molar-refractivity contribution in [1.82, 2.24) is 5.09 Å². The molecular formula is C20H30FN2OP. The van der Waals surface area contributed by atoms with Crippen LogP contribution in [0.25, 0.3) is 0 Å². The van der Waals surface area contributed by atoms with Crippen LogP contribution in [0.4, 0.5) is 4.39 Å². The summed E-state index contributed by atoms with van der Waals surface area (Å²) in [5.41, 5.74) is 2.85. The largest absolute Gasteiger partial charge is 0.447 e. The van der Waals surface area contributed by atoms with E-state index in [1.807, 2.05) is 6.92 Å². The Labute approximate surface area is 151 Å². The van der Waals surface area contributed by atoms with Crippen LogP contribution in [0.5, 0.6) is 5.75 Å². The van der Waals surface area contributed by atoms with E-state index in [9.17, 15) is 4.39 Å². The number of benzene rings is 1. The Morgan fingerprint density at radius 1 is 1.36 bits per heavy atom. The molecule has 2 N–H and O–H groups in total. The lowest BCUT2D eigenvalue weighted by molar-refractivity contribution is 0.477. The fraction of sp³-hybridized carbons (Fsp3) is 0.600. The Morgan fingerprint density at radius 2 is 2.08 bits per heavy atom. The Bertz CT molecular complexity index is 722. The lowest BCUT2D eigenvalue weighted by Crippen LogP contribution is -2.41. The van der Waals surface area contributed by atoms with Gasteiger partial charge in [-0.15, -0.1) is 0 Å². The summed E-state index contributed by atoms with van der Waals surface area (Å²) in [5.74, 6) is 1.58. The molecular weight excluding hydrogens is 334 g/mol. The van der Waals surface area contributed by atoms with Crippen molar-refractivity contribution >= 4 is 7.43 Å². The van der Waals surface area contributed by atoms with E-state index in [1.165, 1.54) is 43.4 Å². The van der Waals surface area contributed by atoms with Gasteiger partial charge in [0.05, 0.1) is 0 Å². The summed E-state index contributed by atoms with van der Waals surface area (Å²) in [6.07, 6.45) is 5.49. The monoisotopic (exact) mass is 364 g/mol. The smallest absolute Gasteiger partial charge is 0.198 e. The molecule has 0 spiro atoms. The van der Waals surface area contributed by atoms with Gasteiger partial charge in [-0.3, -0.25) is 5.16 Å². The number of nitrogens with one attached hydrogen (secondary N) is 2. The van der Waals surface area contributed by atoms with Gasteiger partial charge >= 0.3 is 0 Å². The van der Waals surface area contributed by atoms with Crippen LogP contribution in [0.15, 0.2) is 35.4 Å². The molecule has 2 fully saturated rings. The van der Waals surface area contributed by atoms with Crippen molar-refractivity contribution in [3.8, 4) is 5.75 Å². The molecule has 3 nitrogen and oxygen atoms in total.